The van der Waals surface area contributed by atoms with Gasteiger partial charge in [-0.2, -0.15) is 0 Å². The van der Waals surface area contributed by atoms with Crippen molar-refractivity contribution in [2.24, 2.45) is 0 Å². The molecule has 0 aromatic heterocycles. The fraction of sp³-hybridized carbons (Fsp3) is 0.636. The van der Waals surface area contributed by atoms with Gasteiger partial charge in [0, 0.05) is 4.91 Å². The van der Waals surface area contributed by atoms with Crippen molar-refractivity contribution in [2.45, 2.75) is 32.8 Å². The van der Waals surface area contributed by atoms with Gasteiger partial charge in [0.05, 0.1) is 6.10 Å². The standard InChI is InChI=1S/C8H15NOS.C3H8/c1-4-11-7(2)8(10)5-6-9-3;1-3-2/h4,8-10H,1-2,5-6H2,3H3;3H2,1-2H3. The van der Waals surface area contributed by atoms with E-state index in [2.05, 4.69) is 32.3 Å². The first-order chi connectivity index (χ1) is 6.63. The van der Waals surface area contributed by atoms with E-state index in [-0.39, 0.29) is 0 Å². The second-order valence-corrected chi connectivity index (χ2v) is 3.96. The van der Waals surface area contributed by atoms with E-state index in [9.17, 15) is 5.11 Å². The van der Waals surface area contributed by atoms with E-state index in [4.69, 9.17) is 0 Å². The molecule has 2 nitrogen and oxygen atoms in total. The second kappa shape index (κ2) is 12.8. The summed E-state index contributed by atoms with van der Waals surface area (Å²) in [5.74, 6) is 0. The summed E-state index contributed by atoms with van der Waals surface area (Å²) in [6.07, 6.45) is 1.53. The molecule has 3 heteroatoms. The number of aliphatic hydroxyl groups excluding tert-OH is 1. The number of thioether (sulfide) groups is 1. The molecule has 0 fully saturated rings. The minimum atomic E-state index is -0.426. The van der Waals surface area contributed by atoms with Gasteiger partial charge in [-0.25, -0.2) is 0 Å². The zero-order valence-corrected chi connectivity index (χ0v) is 10.4. The van der Waals surface area contributed by atoms with Gasteiger partial charge in [-0.3, -0.25) is 0 Å². The summed E-state index contributed by atoms with van der Waals surface area (Å²) >= 11 is 1.38. The quantitative estimate of drug-likeness (QED) is 0.717. The minimum Gasteiger partial charge on any atom is -0.388 e. The van der Waals surface area contributed by atoms with Crippen molar-refractivity contribution in [1.82, 2.24) is 5.32 Å². The molecule has 0 saturated carbocycles. The molecule has 0 bridgehead atoms. The molecule has 0 heterocycles. The fourth-order valence-corrected chi connectivity index (χ4v) is 1.12. The molecule has 1 atom stereocenters. The van der Waals surface area contributed by atoms with Gasteiger partial charge in [-0.1, -0.05) is 33.4 Å². The van der Waals surface area contributed by atoms with Crippen molar-refractivity contribution in [2.75, 3.05) is 13.6 Å². The van der Waals surface area contributed by atoms with Gasteiger partial charge in [0.15, 0.2) is 0 Å². The SMILES string of the molecule is C=CSC(=C)C(O)CCNC.CCC. The Balaban J connectivity index is 0. The Kier molecular flexibility index (Phi) is 14.7. The first-order valence-corrected chi connectivity index (χ1v) is 5.80. The zero-order valence-electron chi connectivity index (χ0n) is 9.55. The van der Waals surface area contributed by atoms with Gasteiger partial charge in [-0.15, -0.1) is 11.8 Å². The molecule has 1 unspecified atom stereocenters. The van der Waals surface area contributed by atoms with E-state index in [1.165, 1.54) is 18.2 Å². The van der Waals surface area contributed by atoms with E-state index in [1.807, 2.05) is 7.05 Å². The molecule has 0 spiro atoms. The van der Waals surface area contributed by atoms with Crippen LogP contribution < -0.4 is 5.32 Å². The molecule has 0 rings (SSSR count). The Hall–Kier alpha value is -0.250. The molecule has 2 N–H and O–H groups in total. The Morgan fingerprint density at radius 1 is 1.57 bits per heavy atom. The van der Waals surface area contributed by atoms with Crippen molar-refractivity contribution in [1.29, 1.82) is 0 Å². The van der Waals surface area contributed by atoms with Crippen LogP contribution in [0.1, 0.15) is 26.7 Å². The Morgan fingerprint density at radius 2 is 2.07 bits per heavy atom. The summed E-state index contributed by atoms with van der Waals surface area (Å²) in [7, 11) is 1.86. The third-order valence-corrected chi connectivity index (χ3v) is 2.02. The highest BCUT2D eigenvalue weighted by molar-refractivity contribution is 8.05. The Morgan fingerprint density at radius 3 is 2.43 bits per heavy atom. The van der Waals surface area contributed by atoms with Crippen LogP contribution in [0.15, 0.2) is 23.5 Å². The van der Waals surface area contributed by atoms with Crippen LogP contribution in [-0.4, -0.2) is 24.8 Å². The summed E-state index contributed by atoms with van der Waals surface area (Å²) in [5, 5.41) is 14.0. The number of rotatable bonds is 6. The lowest BCUT2D eigenvalue weighted by molar-refractivity contribution is 0.209. The Bertz CT molecular complexity index is 148. The predicted molar refractivity (Wildman–Crippen MR) is 67.4 cm³/mol. The highest BCUT2D eigenvalue weighted by Crippen LogP contribution is 2.19. The van der Waals surface area contributed by atoms with Crippen molar-refractivity contribution in [3.63, 3.8) is 0 Å². The minimum absolute atomic E-state index is 0.426. The van der Waals surface area contributed by atoms with E-state index in [0.717, 1.165) is 11.4 Å². The lowest BCUT2D eigenvalue weighted by Gasteiger charge is -2.10. The van der Waals surface area contributed by atoms with Gasteiger partial charge < -0.3 is 10.4 Å². The summed E-state index contributed by atoms with van der Waals surface area (Å²) in [4.78, 5) is 0.759. The number of hydrogen-bond donors (Lipinski definition) is 2. The van der Waals surface area contributed by atoms with Crippen LogP contribution >= 0.6 is 11.8 Å². The monoisotopic (exact) mass is 217 g/mol. The molecule has 0 aromatic rings. The lowest BCUT2D eigenvalue weighted by Crippen LogP contribution is -2.16. The van der Waals surface area contributed by atoms with Crippen LogP contribution in [0.4, 0.5) is 0 Å². The molecule has 0 amide bonds. The molecule has 0 aliphatic heterocycles. The summed E-state index contributed by atoms with van der Waals surface area (Å²) in [6, 6.07) is 0. The van der Waals surface area contributed by atoms with Gasteiger partial charge in [0.2, 0.25) is 0 Å². The molecular weight excluding hydrogens is 194 g/mol. The average molecular weight is 217 g/mol. The highest BCUT2D eigenvalue weighted by atomic mass is 32.2. The average Bonchev–Trinajstić information content (AvgIpc) is 2.15. The maximum absolute atomic E-state index is 9.37. The van der Waals surface area contributed by atoms with Crippen LogP contribution in [0.5, 0.6) is 0 Å². The second-order valence-electron chi connectivity index (χ2n) is 2.87. The van der Waals surface area contributed by atoms with E-state index in [0.29, 0.717) is 6.42 Å². The molecule has 0 aromatic carbocycles. The van der Waals surface area contributed by atoms with Crippen molar-refractivity contribution < 1.29 is 5.11 Å². The van der Waals surface area contributed by atoms with E-state index in [1.54, 1.807) is 5.41 Å². The lowest BCUT2D eigenvalue weighted by atomic mass is 10.2. The first kappa shape index (κ1) is 16.2. The summed E-state index contributed by atoms with van der Waals surface area (Å²) in [6.45, 7) is 12.3. The molecule has 14 heavy (non-hydrogen) atoms. The molecule has 0 radical (unpaired) electrons. The van der Waals surface area contributed by atoms with Crippen LogP contribution in [-0.2, 0) is 0 Å². The van der Waals surface area contributed by atoms with Crippen LogP contribution in [0, 0.1) is 0 Å². The van der Waals surface area contributed by atoms with Crippen molar-refractivity contribution in [3.8, 4) is 0 Å². The first-order valence-electron chi connectivity index (χ1n) is 4.92. The zero-order chi connectivity index (χ0) is 11.4. The fourth-order valence-electron chi connectivity index (χ4n) is 0.628. The summed E-state index contributed by atoms with van der Waals surface area (Å²) < 4.78 is 0. The maximum atomic E-state index is 9.37. The van der Waals surface area contributed by atoms with Gasteiger partial charge >= 0.3 is 0 Å². The number of hydrogen-bond acceptors (Lipinski definition) is 3. The highest BCUT2D eigenvalue weighted by Gasteiger charge is 2.06. The third-order valence-electron chi connectivity index (χ3n) is 1.27. The topological polar surface area (TPSA) is 32.3 Å². The third kappa shape index (κ3) is 11.8. The summed E-state index contributed by atoms with van der Waals surface area (Å²) in [5.41, 5.74) is 0. The normalized spacial score (nSPS) is 11.1. The van der Waals surface area contributed by atoms with Crippen LogP contribution in [0.2, 0.25) is 0 Å². The molecule has 0 aliphatic carbocycles. The van der Waals surface area contributed by atoms with Gasteiger partial charge in [0.1, 0.15) is 0 Å². The predicted octanol–water partition coefficient (Wildman–Crippen LogP) is 2.76. The molecule has 0 aliphatic rings. The van der Waals surface area contributed by atoms with Gasteiger partial charge in [0.25, 0.3) is 0 Å². The Labute approximate surface area is 92.5 Å². The maximum Gasteiger partial charge on any atom is 0.0857 e. The number of aliphatic hydroxyl groups is 1. The van der Waals surface area contributed by atoms with E-state index >= 15 is 0 Å². The van der Waals surface area contributed by atoms with Crippen molar-refractivity contribution >= 4 is 11.8 Å². The smallest absolute Gasteiger partial charge is 0.0857 e. The van der Waals surface area contributed by atoms with Crippen LogP contribution in [0.25, 0.3) is 0 Å². The van der Waals surface area contributed by atoms with Crippen molar-refractivity contribution in [3.05, 3.63) is 23.5 Å². The molecular formula is C11H23NOS. The van der Waals surface area contributed by atoms with Gasteiger partial charge in [-0.05, 0) is 25.4 Å². The van der Waals surface area contributed by atoms with Crippen LogP contribution in [0.3, 0.4) is 0 Å². The molecule has 84 valence electrons. The number of nitrogens with one attached hydrogen (secondary N) is 1. The van der Waals surface area contributed by atoms with E-state index < -0.39 is 6.10 Å². The largest absolute Gasteiger partial charge is 0.388 e. The molecule has 0 saturated heterocycles.